The summed E-state index contributed by atoms with van der Waals surface area (Å²) in [5.41, 5.74) is 0.431. The van der Waals surface area contributed by atoms with E-state index in [0.717, 1.165) is 6.07 Å². The summed E-state index contributed by atoms with van der Waals surface area (Å²) in [4.78, 5) is 18.3. The maximum atomic E-state index is 13.7. The van der Waals surface area contributed by atoms with Gasteiger partial charge in [-0.3, -0.25) is 4.79 Å². The van der Waals surface area contributed by atoms with Crippen molar-refractivity contribution in [2.45, 2.75) is 25.6 Å². The molecule has 0 radical (unpaired) electrons. The number of hydrogen-bond donors (Lipinski definition) is 1. The zero-order chi connectivity index (χ0) is 24.1. The Bertz CT molecular complexity index is 1140. The predicted octanol–water partition coefficient (Wildman–Crippen LogP) is 5.10. The fourth-order valence-electron chi connectivity index (χ4n) is 3.71. The van der Waals surface area contributed by atoms with Crippen LogP contribution in [0.15, 0.2) is 53.1 Å². The molecule has 2 heterocycles. The van der Waals surface area contributed by atoms with Crippen LogP contribution < -0.4 is 10.2 Å². The third-order valence-corrected chi connectivity index (χ3v) is 5.84. The summed E-state index contributed by atoms with van der Waals surface area (Å²) in [6, 6.07) is 11.3. The lowest BCUT2D eigenvalue weighted by Crippen LogP contribution is -2.36. The number of nitrogens with zero attached hydrogens (tertiary/aromatic N) is 2. The molecule has 0 spiro atoms. The number of carbonyl (C=O) groups is 1. The van der Waals surface area contributed by atoms with E-state index in [4.69, 9.17) is 20.8 Å². The summed E-state index contributed by atoms with van der Waals surface area (Å²) in [6.07, 6.45) is -2.77. The lowest BCUT2D eigenvalue weighted by atomic mass is 10.0. The summed E-state index contributed by atoms with van der Waals surface area (Å²) in [5.74, 6) is 0.426. The SMILES string of the molecule is O=C(CCc1ncc(-c2ccccc2Cl)o1)NCc1ccc(N2CCOCC2)cc1C(F)(F)F. The van der Waals surface area contributed by atoms with Gasteiger partial charge in [0.15, 0.2) is 11.7 Å². The van der Waals surface area contributed by atoms with E-state index in [2.05, 4.69) is 10.3 Å². The first-order chi connectivity index (χ1) is 16.3. The molecule has 1 aliphatic rings. The number of benzene rings is 2. The number of aromatic nitrogens is 1. The number of hydrogen-bond acceptors (Lipinski definition) is 5. The fraction of sp³-hybridized carbons (Fsp3) is 0.333. The Kier molecular flexibility index (Phi) is 7.43. The minimum Gasteiger partial charge on any atom is -0.441 e. The summed E-state index contributed by atoms with van der Waals surface area (Å²) in [6.45, 7) is 1.79. The molecule has 180 valence electrons. The number of aryl methyl sites for hydroxylation is 1. The molecule has 1 saturated heterocycles. The van der Waals surface area contributed by atoms with E-state index in [1.54, 1.807) is 24.3 Å². The Labute approximate surface area is 199 Å². The van der Waals surface area contributed by atoms with Gasteiger partial charge in [0.1, 0.15) is 0 Å². The average Bonchev–Trinajstić information content (AvgIpc) is 3.30. The summed E-state index contributed by atoms with van der Waals surface area (Å²) >= 11 is 6.15. The van der Waals surface area contributed by atoms with Crippen molar-refractivity contribution in [3.63, 3.8) is 0 Å². The molecule has 2 aromatic carbocycles. The molecule has 1 N–H and O–H groups in total. The number of nitrogens with one attached hydrogen (secondary N) is 1. The highest BCUT2D eigenvalue weighted by Gasteiger charge is 2.34. The van der Waals surface area contributed by atoms with Crippen LogP contribution in [0.25, 0.3) is 11.3 Å². The van der Waals surface area contributed by atoms with Crippen LogP contribution in [-0.4, -0.2) is 37.2 Å². The monoisotopic (exact) mass is 493 g/mol. The van der Waals surface area contributed by atoms with Crippen LogP contribution in [-0.2, 0) is 28.7 Å². The van der Waals surface area contributed by atoms with Gasteiger partial charge in [0.05, 0.1) is 30.0 Å². The number of ether oxygens (including phenoxy) is 1. The number of anilines is 1. The van der Waals surface area contributed by atoms with Gasteiger partial charge in [0, 0.05) is 43.7 Å². The molecule has 4 rings (SSSR count). The number of alkyl halides is 3. The minimum atomic E-state index is -4.53. The van der Waals surface area contributed by atoms with Crippen molar-refractivity contribution in [1.82, 2.24) is 10.3 Å². The molecule has 0 aliphatic carbocycles. The Hall–Kier alpha value is -3.04. The van der Waals surface area contributed by atoms with Gasteiger partial charge in [0.25, 0.3) is 0 Å². The van der Waals surface area contributed by atoms with Crippen molar-refractivity contribution in [3.05, 3.63) is 70.7 Å². The van der Waals surface area contributed by atoms with E-state index in [1.807, 2.05) is 11.0 Å². The van der Waals surface area contributed by atoms with E-state index in [1.165, 1.54) is 12.3 Å². The molecule has 0 unspecified atom stereocenters. The van der Waals surface area contributed by atoms with Crippen LogP contribution in [0.1, 0.15) is 23.4 Å². The van der Waals surface area contributed by atoms with Crippen molar-refractivity contribution in [3.8, 4) is 11.3 Å². The van der Waals surface area contributed by atoms with E-state index < -0.39 is 17.6 Å². The van der Waals surface area contributed by atoms with Crippen molar-refractivity contribution in [2.75, 3.05) is 31.2 Å². The predicted molar refractivity (Wildman–Crippen MR) is 122 cm³/mol. The second kappa shape index (κ2) is 10.5. The van der Waals surface area contributed by atoms with Gasteiger partial charge in [-0.25, -0.2) is 4.98 Å². The van der Waals surface area contributed by atoms with Crippen LogP contribution in [0.3, 0.4) is 0 Å². The van der Waals surface area contributed by atoms with E-state index in [9.17, 15) is 18.0 Å². The lowest BCUT2D eigenvalue weighted by molar-refractivity contribution is -0.138. The van der Waals surface area contributed by atoms with Gasteiger partial charge in [-0.1, -0.05) is 29.8 Å². The molecule has 1 aliphatic heterocycles. The molecule has 1 aromatic heterocycles. The highest BCUT2D eigenvalue weighted by Crippen LogP contribution is 2.35. The van der Waals surface area contributed by atoms with Crippen molar-refractivity contribution >= 4 is 23.2 Å². The maximum absolute atomic E-state index is 13.7. The second-order valence-electron chi connectivity index (χ2n) is 7.81. The van der Waals surface area contributed by atoms with E-state index in [-0.39, 0.29) is 24.9 Å². The van der Waals surface area contributed by atoms with Gasteiger partial charge < -0.3 is 19.4 Å². The van der Waals surface area contributed by atoms with Gasteiger partial charge in [0.2, 0.25) is 5.91 Å². The molecular formula is C24H23ClF3N3O3. The number of rotatable bonds is 7. The molecule has 1 fully saturated rings. The van der Waals surface area contributed by atoms with Gasteiger partial charge >= 0.3 is 6.18 Å². The molecule has 6 nitrogen and oxygen atoms in total. The number of morpholine rings is 1. The van der Waals surface area contributed by atoms with E-state index in [0.29, 0.717) is 54.2 Å². The standard InChI is InChI=1S/C24H23ClF3N3O3/c25-20-4-2-1-3-18(20)21-15-30-23(34-21)8-7-22(32)29-14-16-5-6-17(13-19(16)24(26,27)28)31-9-11-33-12-10-31/h1-6,13,15H,7-12,14H2,(H,29,32). The zero-order valence-corrected chi connectivity index (χ0v) is 19.0. The van der Waals surface area contributed by atoms with E-state index >= 15 is 0 Å². The summed E-state index contributed by atoms with van der Waals surface area (Å²) < 4.78 is 51.9. The molecular weight excluding hydrogens is 471 g/mol. The van der Waals surface area contributed by atoms with Gasteiger partial charge in [-0.15, -0.1) is 0 Å². The van der Waals surface area contributed by atoms with Gasteiger partial charge in [-0.2, -0.15) is 13.2 Å². The zero-order valence-electron chi connectivity index (χ0n) is 18.2. The maximum Gasteiger partial charge on any atom is 0.416 e. The topological polar surface area (TPSA) is 67.6 Å². The summed E-state index contributed by atoms with van der Waals surface area (Å²) in [5, 5.41) is 3.08. The molecule has 0 atom stereocenters. The normalized spacial score (nSPS) is 14.3. The van der Waals surface area contributed by atoms with Crippen molar-refractivity contribution < 1.29 is 27.1 Å². The van der Waals surface area contributed by atoms with Crippen molar-refractivity contribution in [2.24, 2.45) is 0 Å². The van der Waals surface area contributed by atoms with Gasteiger partial charge in [-0.05, 0) is 29.8 Å². The Morgan fingerprint density at radius 3 is 2.65 bits per heavy atom. The third-order valence-electron chi connectivity index (χ3n) is 5.51. The van der Waals surface area contributed by atoms with Crippen LogP contribution in [0.5, 0.6) is 0 Å². The first-order valence-electron chi connectivity index (χ1n) is 10.8. The third kappa shape index (κ3) is 5.90. The molecule has 0 saturated carbocycles. The Balaban J connectivity index is 1.36. The minimum absolute atomic E-state index is 0.00925. The fourth-order valence-corrected chi connectivity index (χ4v) is 3.94. The van der Waals surface area contributed by atoms with Crippen LogP contribution >= 0.6 is 11.6 Å². The molecule has 0 bridgehead atoms. The lowest BCUT2D eigenvalue weighted by Gasteiger charge is -2.29. The second-order valence-corrected chi connectivity index (χ2v) is 8.22. The Morgan fingerprint density at radius 1 is 1.15 bits per heavy atom. The Morgan fingerprint density at radius 2 is 1.91 bits per heavy atom. The molecule has 1 amide bonds. The molecule has 3 aromatic rings. The first kappa shape index (κ1) is 24.1. The van der Waals surface area contributed by atoms with Crippen LogP contribution in [0.2, 0.25) is 5.02 Å². The highest BCUT2D eigenvalue weighted by atomic mass is 35.5. The number of carbonyl (C=O) groups excluding carboxylic acids is 1. The summed E-state index contributed by atoms with van der Waals surface area (Å²) in [7, 11) is 0. The van der Waals surface area contributed by atoms with Crippen LogP contribution in [0, 0.1) is 0 Å². The number of halogens is 4. The quantitative estimate of drug-likeness (QED) is 0.496. The van der Waals surface area contributed by atoms with Crippen molar-refractivity contribution in [1.29, 1.82) is 0 Å². The molecule has 10 heteroatoms. The van der Waals surface area contributed by atoms with Crippen LogP contribution in [0.4, 0.5) is 18.9 Å². The average molecular weight is 494 g/mol. The number of amides is 1. The number of oxazole rings is 1. The molecule has 34 heavy (non-hydrogen) atoms. The highest BCUT2D eigenvalue weighted by molar-refractivity contribution is 6.33. The first-order valence-corrected chi connectivity index (χ1v) is 11.2. The smallest absolute Gasteiger partial charge is 0.416 e. The largest absolute Gasteiger partial charge is 0.441 e.